The first-order chi connectivity index (χ1) is 9.11. The van der Waals surface area contributed by atoms with Crippen molar-refractivity contribution in [2.75, 3.05) is 12.4 Å². The highest BCUT2D eigenvalue weighted by atomic mass is 35.5. The van der Waals surface area contributed by atoms with Crippen molar-refractivity contribution in [3.8, 4) is 5.75 Å². The van der Waals surface area contributed by atoms with Crippen LogP contribution in [0.15, 0.2) is 42.5 Å². The molecule has 19 heavy (non-hydrogen) atoms. The molecular formula is C16H18ClNO. The van der Waals surface area contributed by atoms with E-state index in [-0.39, 0.29) is 6.04 Å². The van der Waals surface area contributed by atoms with E-state index in [1.54, 1.807) is 7.11 Å². The third-order valence-electron chi connectivity index (χ3n) is 3.18. The lowest BCUT2D eigenvalue weighted by Crippen LogP contribution is -2.08. The fourth-order valence-corrected chi connectivity index (χ4v) is 2.30. The van der Waals surface area contributed by atoms with Gasteiger partial charge >= 0.3 is 0 Å². The molecule has 1 atom stereocenters. The smallest absolute Gasteiger partial charge is 0.119 e. The Morgan fingerprint density at radius 1 is 1.16 bits per heavy atom. The molecule has 2 aromatic carbocycles. The largest absolute Gasteiger partial charge is 0.497 e. The number of hydrogen-bond acceptors (Lipinski definition) is 2. The number of methoxy groups -OCH3 is 1. The zero-order valence-corrected chi connectivity index (χ0v) is 12.2. The minimum Gasteiger partial charge on any atom is -0.497 e. The van der Waals surface area contributed by atoms with E-state index in [4.69, 9.17) is 16.3 Å². The molecule has 0 amide bonds. The Bertz CT molecular complexity index is 548. The van der Waals surface area contributed by atoms with Crippen molar-refractivity contribution in [3.05, 3.63) is 58.6 Å². The number of para-hydroxylation sites is 1. The number of anilines is 1. The molecule has 0 bridgehead atoms. The maximum Gasteiger partial charge on any atom is 0.119 e. The number of ether oxygens (including phenoxy) is 1. The summed E-state index contributed by atoms with van der Waals surface area (Å²) >= 11 is 6.23. The molecule has 0 aliphatic rings. The third kappa shape index (κ3) is 3.21. The summed E-state index contributed by atoms with van der Waals surface area (Å²) in [5, 5.41) is 4.20. The second-order valence-electron chi connectivity index (χ2n) is 4.57. The lowest BCUT2D eigenvalue weighted by molar-refractivity contribution is 0.414. The van der Waals surface area contributed by atoms with Crippen LogP contribution in [0.25, 0.3) is 0 Å². The predicted octanol–water partition coefficient (Wildman–Crippen LogP) is 4.83. The van der Waals surface area contributed by atoms with E-state index in [0.717, 1.165) is 22.0 Å². The highest BCUT2D eigenvalue weighted by Crippen LogP contribution is 2.30. The van der Waals surface area contributed by atoms with Gasteiger partial charge in [-0.05, 0) is 43.2 Å². The summed E-state index contributed by atoms with van der Waals surface area (Å²) < 4.78 is 5.25. The normalized spacial score (nSPS) is 12.0. The topological polar surface area (TPSA) is 21.3 Å². The van der Waals surface area contributed by atoms with Crippen molar-refractivity contribution in [1.82, 2.24) is 0 Å². The Balaban J connectivity index is 2.23. The van der Waals surface area contributed by atoms with Crippen LogP contribution in [0, 0.1) is 6.92 Å². The fraction of sp³-hybridized carbons (Fsp3) is 0.250. The molecule has 3 heteroatoms. The molecule has 2 rings (SSSR count). The maximum atomic E-state index is 6.23. The lowest BCUT2D eigenvalue weighted by Gasteiger charge is -2.19. The molecule has 2 nitrogen and oxygen atoms in total. The average Bonchev–Trinajstić information content (AvgIpc) is 2.43. The molecule has 0 aromatic heterocycles. The molecule has 0 saturated carbocycles. The molecular weight excluding hydrogens is 258 g/mol. The molecule has 0 aliphatic carbocycles. The summed E-state index contributed by atoms with van der Waals surface area (Å²) in [5.74, 6) is 0.863. The Labute approximate surface area is 119 Å². The lowest BCUT2D eigenvalue weighted by atomic mass is 10.1. The van der Waals surface area contributed by atoms with Crippen LogP contribution in [0.3, 0.4) is 0 Å². The van der Waals surface area contributed by atoms with E-state index < -0.39 is 0 Å². The van der Waals surface area contributed by atoms with Gasteiger partial charge in [0.2, 0.25) is 0 Å². The van der Waals surface area contributed by atoms with Gasteiger partial charge in [-0.15, -0.1) is 0 Å². The molecule has 0 radical (unpaired) electrons. The minimum absolute atomic E-state index is 0.161. The van der Waals surface area contributed by atoms with Crippen LogP contribution in [-0.4, -0.2) is 7.11 Å². The monoisotopic (exact) mass is 275 g/mol. The first kappa shape index (κ1) is 13.8. The first-order valence-corrected chi connectivity index (χ1v) is 6.65. The van der Waals surface area contributed by atoms with Gasteiger partial charge in [0.25, 0.3) is 0 Å². The van der Waals surface area contributed by atoms with Gasteiger partial charge in [-0.2, -0.15) is 0 Å². The average molecular weight is 276 g/mol. The van der Waals surface area contributed by atoms with Crippen LogP contribution < -0.4 is 10.1 Å². The minimum atomic E-state index is 0.161. The molecule has 100 valence electrons. The summed E-state index contributed by atoms with van der Waals surface area (Å²) in [5.41, 5.74) is 3.29. The highest BCUT2D eigenvalue weighted by Gasteiger charge is 2.10. The second kappa shape index (κ2) is 5.98. The molecule has 0 saturated heterocycles. The Kier molecular flexibility index (Phi) is 4.33. The molecule has 2 aromatic rings. The summed E-state index contributed by atoms with van der Waals surface area (Å²) in [7, 11) is 1.68. The number of rotatable bonds is 4. The molecule has 1 unspecified atom stereocenters. The standard InChI is InChI=1S/C16H18ClNO/c1-11-6-4-9-15(17)16(11)18-12(2)13-7-5-8-14(10-13)19-3/h4-10,12,18H,1-3H3. The Hall–Kier alpha value is -1.67. The number of benzene rings is 2. The molecule has 1 N–H and O–H groups in total. The van der Waals surface area contributed by atoms with E-state index >= 15 is 0 Å². The van der Waals surface area contributed by atoms with Crippen LogP contribution >= 0.6 is 11.6 Å². The van der Waals surface area contributed by atoms with Gasteiger partial charge in [0, 0.05) is 6.04 Å². The summed E-state index contributed by atoms with van der Waals surface area (Å²) in [6.07, 6.45) is 0. The first-order valence-electron chi connectivity index (χ1n) is 6.27. The SMILES string of the molecule is COc1cccc(C(C)Nc2c(C)cccc2Cl)c1. The van der Waals surface area contributed by atoms with Gasteiger partial charge in [-0.1, -0.05) is 35.9 Å². The fourth-order valence-electron chi connectivity index (χ4n) is 2.03. The number of nitrogens with one attached hydrogen (secondary N) is 1. The highest BCUT2D eigenvalue weighted by molar-refractivity contribution is 6.33. The van der Waals surface area contributed by atoms with E-state index in [9.17, 15) is 0 Å². The van der Waals surface area contributed by atoms with Crippen LogP contribution in [0.4, 0.5) is 5.69 Å². The molecule has 0 aliphatic heterocycles. The van der Waals surface area contributed by atoms with Crippen molar-refractivity contribution in [3.63, 3.8) is 0 Å². The van der Waals surface area contributed by atoms with E-state index in [1.165, 1.54) is 5.56 Å². The van der Waals surface area contributed by atoms with Crippen molar-refractivity contribution in [1.29, 1.82) is 0 Å². The quantitative estimate of drug-likeness (QED) is 0.863. The molecule has 0 fully saturated rings. The summed E-state index contributed by atoms with van der Waals surface area (Å²) in [6, 6.07) is 14.1. The van der Waals surface area contributed by atoms with Gasteiger partial charge in [0.05, 0.1) is 17.8 Å². The predicted molar refractivity (Wildman–Crippen MR) is 81.2 cm³/mol. The molecule has 0 heterocycles. The zero-order chi connectivity index (χ0) is 13.8. The Morgan fingerprint density at radius 2 is 1.89 bits per heavy atom. The van der Waals surface area contributed by atoms with E-state index in [0.29, 0.717) is 0 Å². The zero-order valence-electron chi connectivity index (χ0n) is 11.4. The van der Waals surface area contributed by atoms with Crippen molar-refractivity contribution >= 4 is 17.3 Å². The van der Waals surface area contributed by atoms with Gasteiger partial charge in [-0.25, -0.2) is 0 Å². The second-order valence-corrected chi connectivity index (χ2v) is 4.98. The van der Waals surface area contributed by atoms with Crippen LogP contribution in [-0.2, 0) is 0 Å². The van der Waals surface area contributed by atoms with Crippen LogP contribution in [0.2, 0.25) is 5.02 Å². The molecule has 0 spiro atoms. The van der Waals surface area contributed by atoms with Gasteiger partial charge in [0.1, 0.15) is 5.75 Å². The van der Waals surface area contributed by atoms with Crippen molar-refractivity contribution in [2.45, 2.75) is 19.9 Å². The Morgan fingerprint density at radius 3 is 2.58 bits per heavy atom. The van der Waals surface area contributed by atoms with Crippen LogP contribution in [0.1, 0.15) is 24.1 Å². The number of aryl methyl sites for hydroxylation is 1. The number of hydrogen-bond donors (Lipinski definition) is 1. The third-order valence-corrected chi connectivity index (χ3v) is 3.49. The van der Waals surface area contributed by atoms with Crippen molar-refractivity contribution < 1.29 is 4.74 Å². The summed E-state index contributed by atoms with van der Waals surface area (Å²) in [6.45, 7) is 4.16. The number of halogens is 1. The van der Waals surface area contributed by atoms with E-state index in [1.807, 2.05) is 43.3 Å². The van der Waals surface area contributed by atoms with Gasteiger partial charge < -0.3 is 10.1 Å². The van der Waals surface area contributed by atoms with Gasteiger partial charge in [0.15, 0.2) is 0 Å². The summed E-state index contributed by atoms with van der Waals surface area (Å²) in [4.78, 5) is 0. The van der Waals surface area contributed by atoms with Crippen LogP contribution in [0.5, 0.6) is 5.75 Å². The van der Waals surface area contributed by atoms with Gasteiger partial charge in [-0.3, -0.25) is 0 Å². The van der Waals surface area contributed by atoms with E-state index in [2.05, 4.69) is 18.3 Å². The van der Waals surface area contributed by atoms with Crippen molar-refractivity contribution in [2.24, 2.45) is 0 Å². The maximum absolute atomic E-state index is 6.23.